The Hall–Kier alpha value is -1.18. The molecule has 112 valence electrons. The van der Waals surface area contributed by atoms with Gasteiger partial charge >= 0.3 is 11.9 Å². The maximum Gasteiger partial charge on any atom is 0.338 e. The first-order valence-electron chi connectivity index (χ1n) is 6.07. The van der Waals surface area contributed by atoms with Gasteiger partial charge in [-0.2, -0.15) is 0 Å². The second-order valence-electron chi connectivity index (χ2n) is 3.66. The van der Waals surface area contributed by atoms with Gasteiger partial charge in [-0.3, -0.25) is 4.79 Å². The van der Waals surface area contributed by atoms with E-state index in [0.717, 1.165) is 0 Å². The van der Waals surface area contributed by atoms with Gasteiger partial charge in [-0.1, -0.05) is 6.92 Å². The summed E-state index contributed by atoms with van der Waals surface area (Å²) in [5.41, 5.74) is 0. The standard InChI is InChI=1S/C12H22O7/c1-5-11(12(14)19-8-18-9(2)13)17-7-6-16-10(3)15-4/h10-11H,5-8H2,1-4H3. The van der Waals surface area contributed by atoms with Crippen molar-refractivity contribution >= 4 is 11.9 Å². The Bertz CT molecular complexity index is 267. The Morgan fingerprint density at radius 1 is 1.11 bits per heavy atom. The largest absolute Gasteiger partial charge is 0.428 e. The van der Waals surface area contributed by atoms with Crippen molar-refractivity contribution in [3.05, 3.63) is 0 Å². The number of methoxy groups -OCH3 is 1. The van der Waals surface area contributed by atoms with E-state index in [2.05, 4.69) is 4.74 Å². The fourth-order valence-corrected chi connectivity index (χ4v) is 1.09. The molecule has 0 aromatic heterocycles. The van der Waals surface area contributed by atoms with Crippen LogP contribution in [0.15, 0.2) is 0 Å². The molecule has 0 rings (SSSR count). The van der Waals surface area contributed by atoms with E-state index in [1.165, 1.54) is 14.0 Å². The Kier molecular flexibility index (Phi) is 10.1. The second kappa shape index (κ2) is 10.7. The molecule has 19 heavy (non-hydrogen) atoms. The maximum absolute atomic E-state index is 11.5. The summed E-state index contributed by atoms with van der Waals surface area (Å²) in [6, 6.07) is 0. The average molecular weight is 278 g/mol. The van der Waals surface area contributed by atoms with Gasteiger partial charge in [-0.25, -0.2) is 4.79 Å². The van der Waals surface area contributed by atoms with Crippen LogP contribution in [0.3, 0.4) is 0 Å². The van der Waals surface area contributed by atoms with Crippen LogP contribution in [-0.4, -0.2) is 51.4 Å². The van der Waals surface area contributed by atoms with E-state index < -0.39 is 24.8 Å². The van der Waals surface area contributed by atoms with Gasteiger partial charge in [0.1, 0.15) is 0 Å². The summed E-state index contributed by atoms with van der Waals surface area (Å²) in [5, 5.41) is 0. The quantitative estimate of drug-likeness (QED) is 0.333. The maximum atomic E-state index is 11.5. The van der Waals surface area contributed by atoms with E-state index in [1.807, 2.05) is 0 Å². The van der Waals surface area contributed by atoms with Gasteiger partial charge in [0.05, 0.1) is 13.2 Å². The summed E-state index contributed by atoms with van der Waals surface area (Å²) >= 11 is 0. The van der Waals surface area contributed by atoms with Gasteiger partial charge in [-0.15, -0.1) is 0 Å². The normalized spacial score (nSPS) is 13.7. The Balaban J connectivity index is 3.79. The summed E-state index contributed by atoms with van der Waals surface area (Å²) in [5.74, 6) is -1.08. The lowest BCUT2D eigenvalue weighted by atomic mass is 10.3. The number of ether oxygens (including phenoxy) is 5. The molecular weight excluding hydrogens is 256 g/mol. The molecule has 2 atom stereocenters. The zero-order chi connectivity index (χ0) is 14.7. The molecule has 0 aromatic rings. The highest BCUT2D eigenvalue weighted by Gasteiger charge is 2.19. The average Bonchev–Trinajstić information content (AvgIpc) is 2.37. The topological polar surface area (TPSA) is 80.3 Å². The summed E-state index contributed by atoms with van der Waals surface area (Å²) in [6.07, 6.45) is -0.560. The van der Waals surface area contributed by atoms with Crippen molar-refractivity contribution < 1.29 is 33.3 Å². The minimum atomic E-state index is -0.697. The van der Waals surface area contributed by atoms with Crippen LogP contribution in [0.2, 0.25) is 0 Å². The van der Waals surface area contributed by atoms with Crippen LogP contribution in [0, 0.1) is 0 Å². The van der Waals surface area contributed by atoms with Crippen LogP contribution in [0.4, 0.5) is 0 Å². The monoisotopic (exact) mass is 278 g/mol. The molecule has 7 nitrogen and oxygen atoms in total. The summed E-state index contributed by atoms with van der Waals surface area (Å²) < 4.78 is 24.6. The van der Waals surface area contributed by atoms with Crippen molar-refractivity contribution in [3.63, 3.8) is 0 Å². The minimum absolute atomic E-state index is 0.245. The van der Waals surface area contributed by atoms with Crippen LogP contribution in [-0.2, 0) is 33.3 Å². The van der Waals surface area contributed by atoms with Crippen LogP contribution >= 0.6 is 0 Å². The highest BCUT2D eigenvalue weighted by atomic mass is 16.7. The SMILES string of the molecule is CCC(OCCOC(C)OC)C(=O)OCOC(C)=O. The van der Waals surface area contributed by atoms with E-state index >= 15 is 0 Å². The van der Waals surface area contributed by atoms with E-state index in [0.29, 0.717) is 13.0 Å². The highest BCUT2D eigenvalue weighted by Crippen LogP contribution is 2.02. The Morgan fingerprint density at radius 2 is 1.74 bits per heavy atom. The molecule has 0 aliphatic heterocycles. The van der Waals surface area contributed by atoms with Crippen LogP contribution in [0.1, 0.15) is 27.2 Å². The first-order chi connectivity index (χ1) is 9.01. The molecule has 0 saturated heterocycles. The van der Waals surface area contributed by atoms with Crippen LogP contribution < -0.4 is 0 Å². The fourth-order valence-electron chi connectivity index (χ4n) is 1.09. The zero-order valence-corrected chi connectivity index (χ0v) is 11.8. The van der Waals surface area contributed by atoms with Crippen LogP contribution in [0.25, 0.3) is 0 Å². The predicted octanol–water partition coefficient (Wildman–Crippen LogP) is 0.854. The van der Waals surface area contributed by atoms with Crippen molar-refractivity contribution in [3.8, 4) is 0 Å². The number of carbonyl (C=O) groups is 2. The van der Waals surface area contributed by atoms with Crippen molar-refractivity contribution in [2.45, 2.75) is 39.6 Å². The molecule has 0 saturated carbocycles. The molecule has 0 bridgehead atoms. The molecule has 7 heteroatoms. The van der Waals surface area contributed by atoms with Gasteiger partial charge < -0.3 is 23.7 Å². The highest BCUT2D eigenvalue weighted by molar-refractivity contribution is 5.74. The summed E-state index contributed by atoms with van der Waals surface area (Å²) in [6.45, 7) is 4.93. The smallest absolute Gasteiger partial charge is 0.338 e. The molecular formula is C12H22O7. The number of carbonyl (C=O) groups excluding carboxylic acids is 2. The zero-order valence-electron chi connectivity index (χ0n) is 11.8. The molecule has 0 aliphatic carbocycles. The van der Waals surface area contributed by atoms with Crippen molar-refractivity contribution in [1.29, 1.82) is 0 Å². The molecule has 0 amide bonds. The van der Waals surface area contributed by atoms with Gasteiger partial charge in [-0.05, 0) is 13.3 Å². The van der Waals surface area contributed by atoms with Crippen LogP contribution in [0.5, 0.6) is 0 Å². The first-order valence-corrected chi connectivity index (χ1v) is 6.07. The van der Waals surface area contributed by atoms with E-state index in [9.17, 15) is 9.59 Å². The molecule has 0 heterocycles. The predicted molar refractivity (Wildman–Crippen MR) is 65.2 cm³/mol. The second-order valence-corrected chi connectivity index (χ2v) is 3.66. The van der Waals surface area contributed by atoms with Crippen molar-refractivity contribution in [1.82, 2.24) is 0 Å². The van der Waals surface area contributed by atoms with E-state index in [4.69, 9.17) is 18.9 Å². The van der Waals surface area contributed by atoms with Gasteiger partial charge in [0.15, 0.2) is 12.4 Å². The fraction of sp³-hybridized carbons (Fsp3) is 0.833. The summed E-state index contributed by atoms with van der Waals surface area (Å²) in [4.78, 5) is 22.0. The lowest BCUT2D eigenvalue weighted by Gasteiger charge is -2.16. The molecule has 2 unspecified atom stereocenters. The number of rotatable bonds is 10. The molecule has 0 aliphatic rings. The number of hydrogen-bond donors (Lipinski definition) is 0. The Morgan fingerprint density at radius 3 is 2.26 bits per heavy atom. The molecule has 0 fully saturated rings. The molecule has 0 spiro atoms. The van der Waals surface area contributed by atoms with Crippen molar-refractivity contribution in [2.24, 2.45) is 0 Å². The molecule has 0 N–H and O–H groups in total. The van der Waals surface area contributed by atoms with Gasteiger partial charge in [0.25, 0.3) is 0 Å². The molecule has 0 aromatic carbocycles. The summed E-state index contributed by atoms with van der Waals surface area (Å²) in [7, 11) is 1.53. The third-order valence-electron chi connectivity index (χ3n) is 2.18. The van der Waals surface area contributed by atoms with E-state index in [1.54, 1.807) is 13.8 Å². The number of esters is 2. The third kappa shape index (κ3) is 9.40. The van der Waals surface area contributed by atoms with E-state index in [-0.39, 0.29) is 12.9 Å². The first kappa shape index (κ1) is 17.8. The third-order valence-corrected chi connectivity index (χ3v) is 2.18. The Labute approximate surface area is 113 Å². The minimum Gasteiger partial charge on any atom is -0.428 e. The van der Waals surface area contributed by atoms with Gasteiger partial charge in [0.2, 0.25) is 6.79 Å². The van der Waals surface area contributed by atoms with Crippen molar-refractivity contribution in [2.75, 3.05) is 27.1 Å². The number of hydrogen-bond acceptors (Lipinski definition) is 7. The lowest BCUT2D eigenvalue weighted by molar-refractivity contribution is -0.177. The molecule has 0 radical (unpaired) electrons. The van der Waals surface area contributed by atoms with Gasteiger partial charge in [0, 0.05) is 14.0 Å². The lowest BCUT2D eigenvalue weighted by Crippen LogP contribution is -2.28.